The van der Waals surface area contributed by atoms with E-state index in [1.807, 2.05) is 0 Å². The molecule has 1 aromatic rings. The molecule has 1 aliphatic carbocycles. The topological polar surface area (TPSA) is 15.3 Å². The Kier molecular flexibility index (Phi) is 4.99. The molecule has 3 rings (SSSR count). The summed E-state index contributed by atoms with van der Waals surface area (Å²) < 4.78 is 0. The second-order valence-corrected chi connectivity index (χ2v) is 6.72. The van der Waals surface area contributed by atoms with Gasteiger partial charge in [-0.25, -0.2) is 0 Å². The van der Waals surface area contributed by atoms with Crippen molar-refractivity contribution >= 4 is 11.6 Å². The van der Waals surface area contributed by atoms with Gasteiger partial charge in [0, 0.05) is 36.8 Å². The molecule has 2 nitrogen and oxygen atoms in total. The first-order valence-corrected chi connectivity index (χ1v) is 8.54. The van der Waals surface area contributed by atoms with Crippen molar-refractivity contribution in [3.8, 4) is 0 Å². The Morgan fingerprint density at radius 3 is 2.71 bits per heavy atom. The highest BCUT2D eigenvalue weighted by Crippen LogP contribution is 2.37. The van der Waals surface area contributed by atoms with Crippen molar-refractivity contribution in [1.82, 2.24) is 10.2 Å². The van der Waals surface area contributed by atoms with Crippen LogP contribution in [0.1, 0.15) is 31.2 Å². The van der Waals surface area contributed by atoms with Gasteiger partial charge in [0.15, 0.2) is 0 Å². The molecule has 1 unspecified atom stereocenters. The van der Waals surface area contributed by atoms with Gasteiger partial charge in [-0.1, -0.05) is 60.9 Å². The monoisotopic (exact) mass is 304 g/mol. The minimum Gasteiger partial charge on any atom is -0.311 e. The van der Waals surface area contributed by atoms with Gasteiger partial charge in [-0.15, -0.1) is 0 Å². The van der Waals surface area contributed by atoms with Gasteiger partial charge in [-0.3, -0.25) is 4.90 Å². The minimum absolute atomic E-state index is 0.379. The second kappa shape index (κ2) is 6.95. The molecule has 1 aliphatic heterocycles. The Morgan fingerprint density at radius 1 is 1.24 bits per heavy atom. The van der Waals surface area contributed by atoms with Gasteiger partial charge in [-0.2, -0.15) is 0 Å². The number of nitrogens with zero attached hydrogens (tertiary/aromatic N) is 1. The first kappa shape index (κ1) is 15.1. The Balaban J connectivity index is 1.67. The van der Waals surface area contributed by atoms with Crippen LogP contribution in [0.5, 0.6) is 0 Å². The molecule has 1 atom stereocenters. The number of nitrogens with one attached hydrogen (secondary N) is 1. The maximum atomic E-state index is 5.76. The van der Waals surface area contributed by atoms with Gasteiger partial charge in [0.2, 0.25) is 0 Å². The molecule has 21 heavy (non-hydrogen) atoms. The third kappa shape index (κ3) is 3.50. The van der Waals surface area contributed by atoms with Crippen molar-refractivity contribution < 1.29 is 0 Å². The van der Waals surface area contributed by atoms with Crippen LogP contribution in [0.4, 0.5) is 0 Å². The quantitative estimate of drug-likeness (QED) is 0.915. The Labute approximate surface area is 133 Å². The molecule has 1 N–H and O–H groups in total. The van der Waals surface area contributed by atoms with Gasteiger partial charge in [-0.05, 0) is 24.8 Å². The van der Waals surface area contributed by atoms with Crippen molar-refractivity contribution in [3.05, 3.63) is 47.5 Å². The summed E-state index contributed by atoms with van der Waals surface area (Å²) in [5.74, 6) is 0. The van der Waals surface area contributed by atoms with Crippen molar-refractivity contribution in [3.63, 3.8) is 0 Å². The lowest BCUT2D eigenvalue weighted by Gasteiger charge is -2.48. The highest BCUT2D eigenvalue weighted by molar-refractivity contribution is 6.25. The van der Waals surface area contributed by atoms with Gasteiger partial charge in [0.05, 0.1) is 0 Å². The third-order valence-corrected chi connectivity index (χ3v) is 5.28. The fourth-order valence-corrected chi connectivity index (χ4v) is 4.05. The maximum absolute atomic E-state index is 5.76. The first-order valence-electron chi connectivity index (χ1n) is 8.10. The molecule has 2 aliphatic rings. The van der Waals surface area contributed by atoms with E-state index in [0.717, 1.165) is 26.1 Å². The van der Waals surface area contributed by atoms with Gasteiger partial charge in [0.1, 0.15) is 0 Å². The lowest BCUT2D eigenvalue weighted by atomic mass is 9.89. The van der Waals surface area contributed by atoms with E-state index in [4.69, 9.17) is 11.6 Å². The molecule has 1 aromatic carbocycles. The number of rotatable bonds is 4. The molecular weight excluding hydrogens is 280 g/mol. The zero-order valence-corrected chi connectivity index (χ0v) is 13.4. The largest absolute Gasteiger partial charge is 0.311 e. The molecule has 0 radical (unpaired) electrons. The molecule has 3 heteroatoms. The summed E-state index contributed by atoms with van der Waals surface area (Å²) in [6, 6.07) is 11.3. The standard InChI is InChI=1S/C18H25ClN2/c19-11-6-12-21-14-17(13-16-7-2-1-3-8-16)20-15-18(21)9-4-5-10-18/h1-3,6-8,11,17,20H,4-5,9-10,12-15H2/b11-6+. The molecule has 2 fully saturated rings. The molecular formula is C18H25ClN2. The Bertz CT molecular complexity index is 465. The number of benzene rings is 1. The zero-order valence-electron chi connectivity index (χ0n) is 12.6. The molecule has 0 amide bonds. The lowest BCUT2D eigenvalue weighted by molar-refractivity contribution is 0.0543. The highest BCUT2D eigenvalue weighted by atomic mass is 35.5. The van der Waals surface area contributed by atoms with Gasteiger partial charge >= 0.3 is 0 Å². The molecule has 0 aromatic heterocycles. The third-order valence-electron chi connectivity index (χ3n) is 5.11. The lowest BCUT2D eigenvalue weighted by Crippen LogP contribution is -2.63. The fraction of sp³-hybridized carbons (Fsp3) is 0.556. The van der Waals surface area contributed by atoms with Crippen LogP contribution in [-0.4, -0.2) is 36.1 Å². The van der Waals surface area contributed by atoms with E-state index >= 15 is 0 Å². The van der Waals surface area contributed by atoms with Crippen LogP contribution in [0.25, 0.3) is 0 Å². The highest BCUT2D eigenvalue weighted by Gasteiger charge is 2.42. The summed E-state index contributed by atoms with van der Waals surface area (Å²) in [6.45, 7) is 3.23. The normalized spacial score (nSPS) is 25.9. The zero-order chi connectivity index (χ0) is 14.5. The predicted octanol–water partition coefficient (Wildman–Crippen LogP) is 3.57. The molecule has 114 valence electrons. The Hall–Kier alpha value is -0.830. The van der Waals surface area contributed by atoms with Gasteiger partial charge in [0.25, 0.3) is 0 Å². The van der Waals surface area contributed by atoms with E-state index < -0.39 is 0 Å². The number of piperazine rings is 1. The number of hydrogen-bond donors (Lipinski definition) is 1. The number of hydrogen-bond acceptors (Lipinski definition) is 2. The van der Waals surface area contributed by atoms with Crippen molar-refractivity contribution in [2.45, 2.75) is 43.7 Å². The van der Waals surface area contributed by atoms with Gasteiger partial charge < -0.3 is 5.32 Å². The van der Waals surface area contributed by atoms with E-state index in [1.54, 1.807) is 5.54 Å². The van der Waals surface area contributed by atoms with Crippen LogP contribution >= 0.6 is 11.6 Å². The average molecular weight is 305 g/mol. The Morgan fingerprint density at radius 2 is 2.00 bits per heavy atom. The summed E-state index contributed by atoms with van der Waals surface area (Å²) in [5.41, 5.74) is 3.46. The van der Waals surface area contributed by atoms with E-state index in [1.165, 1.54) is 31.2 Å². The number of halogens is 1. The van der Waals surface area contributed by atoms with Crippen LogP contribution in [0.2, 0.25) is 0 Å². The predicted molar refractivity (Wildman–Crippen MR) is 89.7 cm³/mol. The second-order valence-electron chi connectivity index (χ2n) is 6.47. The van der Waals surface area contributed by atoms with Crippen LogP contribution in [0.3, 0.4) is 0 Å². The summed E-state index contributed by atoms with van der Waals surface area (Å²) in [5, 5.41) is 3.81. The molecule has 1 saturated carbocycles. The molecule has 1 heterocycles. The SMILES string of the molecule is Cl/C=C/CN1CC(Cc2ccccc2)NCC12CCCC2. The van der Waals surface area contributed by atoms with Crippen LogP contribution in [-0.2, 0) is 6.42 Å². The van der Waals surface area contributed by atoms with E-state index in [-0.39, 0.29) is 0 Å². The maximum Gasteiger partial charge on any atom is 0.0338 e. The molecule has 1 spiro atoms. The molecule has 1 saturated heterocycles. The summed E-state index contributed by atoms with van der Waals surface area (Å²) >= 11 is 5.76. The fourth-order valence-electron chi connectivity index (χ4n) is 3.97. The molecule has 0 bridgehead atoms. The van der Waals surface area contributed by atoms with Crippen molar-refractivity contribution in [1.29, 1.82) is 0 Å². The van der Waals surface area contributed by atoms with Crippen molar-refractivity contribution in [2.75, 3.05) is 19.6 Å². The van der Waals surface area contributed by atoms with E-state index in [2.05, 4.69) is 46.6 Å². The first-order chi connectivity index (χ1) is 10.3. The van der Waals surface area contributed by atoms with Crippen molar-refractivity contribution in [2.24, 2.45) is 0 Å². The van der Waals surface area contributed by atoms with Crippen LogP contribution in [0.15, 0.2) is 41.9 Å². The average Bonchev–Trinajstić information content (AvgIpc) is 2.98. The van der Waals surface area contributed by atoms with Crippen LogP contribution in [0, 0.1) is 0 Å². The smallest absolute Gasteiger partial charge is 0.0338 e. The van der Waals surface area contributed by atoms with E-state index in [0.29, 0.717) is 11.6 Å². The summed E-state index contributed by atoms with van der Waals surface area (Å²) in [4.78, 5) is 2.67. The minimum atomic E-state index is 0.379. The summed E-state index contributed by atoms with van der Waals surface area (Å²) in [7, 11) is 0. The summed E-state index contributed by atoms with van der Waals surface area (Å²) in [6.07, 6.45) is 8.59. The van der Waals surface area contributed by atoms with Crippen LogP contribution < -0.4 is 5.32 Å². The van der Waals surface area contributed by atoms with E-state index in [9.17, 15) is 0 Å².